The van der Waals surface area contributed by atoms with Gasteiger partial charge in [-0.25, -0.2) is 4.39 Å². The third kappa shape index (κ3) is 2.56. The summed E-state index contributed by atoms with van der Waals surface area (Å²) in [6.45, 7) is 3.63. The molecule has 1 heterocycles. The second-order valence-corrected chi connectivity index (χ2v) is 4.05. The number of aromatic nitrogens is 2. The molecule has 0 atom stereocenters. The molecule has 1 aromatic carbocycles. The molecule has 0 radical (unpaired) electrons. The highest BCUT2D eigenvalue weighted by Crippen LogP contribution is 2.12. The Morgan fingerprint density at radius 1 is 1.44 bits per heavy atom. The maximum absolute atomic E-state index is 13.3. The molecule has 2 aromatic rings. The molecule has 2 rings (SSSR count). The third-order valence-electron chi connectivity index (χ3n) is 2.69. The number of halogens is 1. The van der Waals surface area contributed by atoms with Crippen molar-refractivity contribution in [2.75, 3.05) is 5.32 Å². The van der Waals surface area contributed by atoms with Gasteiger partial charge in [0.2, 0.25) is 0 Å². The number of aromatic amines is 1. The number of carbonyl (C=O) groups excluding carboxylic acids is 1. The molecule has 0 fully saturated rings. The van der Waals surface area contributed by atoms with Crippen LogP contribution in [0.5, 0.6) is 0 Å². The van der Waals surface area contributed by atoms with Crippen molar-refractivity contribution in [3.63, 3.8) is 0 Å². The van der Waals surface area contributed by atoms with Gasteiger partial charge in [0.25, 0.3) is 5.91 Å². The molecule has 5 heteroatoms. The van der Waals surface area contributed by atoms with Gasteiger partial charge in [0, 0.05) is 17.3 Å². The van der Waals surface area contributed by atoms with E-state index in [1.807, 2.05) is 6.92 Å². The lowest BCUT2D eigenvalue weighted by molar-refractivity contribution is 0.102. The number of nitrogens with zero attached hydrogens (tertiary/aromatic N) is 1. The SMILES string of the molecule is CCc1cc(NC(=O)c2ccc(C)c(F)c2)n[nH]1. The molecule has 0 aliphatic carbocycles. The lowest BCUT2D eigenvalue weighted by Gasteiger charge is -2.03. The smallest absolute Gasteiger partial charge is 0.256 e. The zero-order chi connectivity index (χ0) is 13.1. The molecule has 0 saturated carbocycles. The summed E-state index contributed by atoms with van der Waals surface area (Å²) in [4.78, 5) is 11.8. The molecule has 0 saturated heterocycles. The first-order valence-corrected chi connectivity index (χ1v) is 5.72. The van der Waals surface area contributed by atoms with E-state index in [2.05, 4.69) is 15.5 Å². The van der Waals surface area contributed by atoms with E-state index >= 15 is 0 Å². The van der Waals surface area contributed by atoms with Crippen LogP contribution in [-0.2, 0) is 6.42 Å². The van der Waals surface area contributed by atoms with Gasteiger partial charge in [-0.2, -0.15) is 5.10 Å². The summed E-state index contributed by atoms with van der Waals surface area (Å²) in [5.74, 6) is -0.320. The standard InChI is InChI=1S/C13H14FN3O/c1-3-10-7-12(17-16-10)15-13(18)9-5-4-8(2)11(14)6-9/h4-7H,3H2,1-2H3,(H2,15,16,17,18). The average molecular weight is 247 g/mol. The maximum Gasteiger partial charge on any atom is 0.256 e. The Labute approximate surface area is 104 Å². The Kier molecular flexibility index (Phi) is 3.41. The quantitative estimate of drug-likeness (QED) is 0.876. The van der Waals surface area contributed by atoms with Gasteiger partial charge >= 0.3 is 0 Å². The number of aryl methyl sites for hydroxylation is 2. The number of rotatable bonds is 3. The van der Waals surface area contributed by atoms with Crippen LogP contribution in [0.3, 0.4) is 0 Å². The van der Waals surface area contributed by atoms with Crippen molar-refractivity contribution in [1.82, 2.24) is 10.2 Å². The lowest BCUT2D eigenvalue weighted by Crippen LogP contribution is -2.12. The van der Waals surface area contributed by atoms with Crippen molar-refractivity contribution in [3.8, 4) is 0 Å². The van der Waals surface area contributed by atoms with Gasteiger partial charge in [-0.3, -0.25) is 9.89 Å². The molecule has 2 N–H and O–H groups in total. The molecule has 0 aliphatic rings. The summed E-state index contributed by atoms with van der Waals surface area (Å²) in [7, 11) is 0. The van der Waals surface area contributed by atoms with Crippen LogP contribution in [-0.4, -0.2) is 16.1 Å². The van der Waals surface area contributed by atoms with Crippen molar-refractivity contribution >= 4 is 11.7 Å². The highest BCUT2D eigenvalue weighted by molar-refractivity contribution is 6.03. The number of hydrogen-bond donors (Lipinski definition) is 2. The van der Waals surface area contributed by atoms with Crippen molar-refractivity contribution < 1.29 is 9.18 Å². The Balaban J connectivity index is 2.14. The van der Waals surface area contributed by atoms with Gasteiger partial charge in [0.15, 0.2) is 5.82 Å². The largest absolute Gasteiger partial charge is 0.305 e. The fourth-order valence-electron chi connectivity index (χ4n) is 1.53. The molecular formula is C13H14FN3O. The number of H-pyrrole nitrogens is 1. The van der Waals surface area contributed by atoms with Gasteiger partial charge in [-0.15, -0.1) is 0 Å². The van der Waals surface area contributed by atoms with E-state index in [1.165, 1.54) is 6.07 Å². The Morgan fingerprint density at radius 3 is 2.83 bits per heavy atom. The van der Waals surface area contributed by atoms with E-state index in [-0.39, 0.29) is 17.3 Å². The summed E-state index contributed by atoms with van der Waals surface area (Å²) >= 11 is 0. The molecule has 0 aliphatic heterocycles. The lowest BCUT2D eigenvalue weighted by atomic mass is 10.1. The van der Waals surface area contributed by atoms with E-state index in [9.17, 15) is 9.18 Å². The van der Waals surface area contributed by atoms with Crippen LogP contribution in [0.2, 0.25) is 0 Å². The maximum atomic E-state index is 13.3. The molecule has 94 valence electrons. The van der Waals surface area contributed by atoms with E-state index in [0.717, 1.165) is 12.1 Å². The average Bonchev–Trinajstić information content (AvgIpc) is 2.80. The first-order valence-electron chi connectivity index (χ1n) is 5.72. The highest BCUT2D eigenvalue weighted by Gasteiger charge is 2.10. The second kappa shape index (κ2) is 5.00. The minimum atomic E-state index is -0.390. The van der Waals surface area contributed by atoms with Crippen molar-refractivity contribution in [2.45, 2.75) is 20.3 Å². The zero-order valence-corrected chi connectivity index (χ0v) is 10.2. The number of carbonyl (C=O) groups is 1. The van der Waals surface area contributed by atoms with Crippen LogP contribution in [0.25, 0.3) is 0 Å². The van der Waals surface area contributed by atoms with E-state index < -0.39 is 0 Å². The molecule has 0 spiro atoms. The van der Waals surface area contributed by atoms with Crippen LogP contribution < -0.4 is 5.32 Å². The predicted molar refractivity (Wildman–Crippen MR) is 67.1 cm³/mol. The van der Waals surface area contributed by atoms with Gasteiger partial charge in [0.1, 0.15) is 5.82 Å². The van der Waals surface area contributed by atoms with E-state index in [0.29, 0.717) is 11.4 Å². The first kappa shape index (κ1) is 12.3. The summed E-state index contributed by atoms with van der Waals surface area (Å²) in [6, 6.07) is 6.13. The molecule has 4 nitrogen and oxygen atoms in total. The van der Waals surface area contributed by atoms with Gasteiger partial charge in [-0.05, 0) is 31.0 Å². The normalized spacial score (nSPS) is 10.4. The summed E-state index contributed by atoms with van der Waals surface area (Å²) < 4.78 is 13.3. The predicted octanol–water partition coefficient (Wildman–Crippen LogP) is 2.67. The number of amides is 1. The molecule has 1 aromatic heterocycles. The molecule has 0 unspecified atom stereocenters. The van der Waals surface area contributed by atoms with Gasteiger partial charge in [0.05, 0.1) is 0 Å². The van der Waals surface area contributed by atoms with Crippen molar-refractivity contribution in [3.05, 3.63) is 46.9 Å². The number of nitrogens with one attached hydrogen (secondary N) is 2. The zero-order valence-electron chi connectivity index (χ0n) is 10.2. The highest BCUT2D eigenvalue weighted by atomic mass is 19.1. The Hall–Kier alpha value is -2.17. The summed E-state index contributed by atoms with van der Waals surface area (Å²) in [6.07, 6.45) is 0.808. The third-order valence-corrected chi connectivity index (χ3v) is 2.69. The van der Waals surface area contributed by atoms with E-state index in [4.69, 9.17) is 0 Å². The molecular weight excluding hydrogens is 233 g/mol. The first-order chi connectivity index (χ1) is 8.60. The minimum absolute atomic E-state index is 0.277. The van der Waals surface area contributed by atoms with Crippen molar-refractivity contribution in [2.24, 2.45) is 0 Å². The molecule has 0 bridgehead atoms. The summed E-state index contributed by atoms with van der Waals surface area (Å²) in [5, 5.41) is 9.35. The van der Waals surface area contributed by atoms with Crippen molar-refractivity contribution in [1.29, 1.82) is 0 Å². The van der Waals surface area contributed by atoms with Gasteiger partial charge < -0.3 is 5.32 Å². The Bertz CT molecular complexity index is 577. The number of hydrogen-bond acceptors (Lipinski definition) is 2. The Morgan fingerprint density at radius 2 is 2.22 bits per heavy atom. The fourth-order valence-corrected chi connectivity index (χ4v) is 1.53. The monoisotopic (exact) mass is 247 g/mol. The second-order valence-electron chi connectivity index (χ2n) is 4.05. The van der Waals surface area contributed by atoms with Crippen LogP contribution in [0.15, 0.2) is 24.3 Å². The van der Waals surface area contributed by atoms with Crippen LogP contribution >= 0.6 is 0 Å². The fraction of sp³-hybridized carbons (Fsp3) is 0.231. The number of anilines is 1. The van der Waals surface area contributed by atoms with Gasteiger partial charge in [-0.1, -0.05) is 13.0 Å². The molecule has 18 heavy (non-hydrogen) atoms. The summed E-state index contributed by atoms with van der Waals surface area (Å²) in [5.41, 5.74) is 1.72. The van der Waals surface area contributed by atoms with E-state index in [1.54, 1.807) is 25.1 Å². The topological polar surface area (TPSA) is 57.8 Å². The molecule has 1 amide bonds. The van der Waals surface area contributed by atoms with Crippen LogP contribution in [0.4, 0.5) is 10.2 Å². The minimum Gasteiger partial charge on any atom is -0.305 e. The van der Waals surface area contributed by atoms with Crippen LogP contribution in [0.1, 0.15) is 28.5 Å². The number of benzene rings is 1. The van der Waals surface area contributed by atoms with Crippen LogP contribution in [0, 0.1) is 12.7 Å².